The smallest absolute Gasteiger partial charge is 0.287 e. The molecular weight excluding hydrogens is 289 g/mol. The number of rotatable bonds is 2. The van der Waals surface area contributed by atoms with Gasteiger partial charge in [0.25, 0.3) is 5.56 Å². The second kappa shape index (κ2) is 5.92. The molecule has 104 valence electrons. The van der Waals surface area contributed by atoms with Crippen LogP contribution in [-0.2, 0) is 11.3 Å². The summed E-state index contributed by atoms with van der Waals surface area (Å²) in [5, 5.41) is 3.83. The molecule has 1 aliphatic rings. The van der Waals surface area contributed by atoms with Crippen LogP contribution in [0.2, 0.25) is 10.0 Å². The standard InChI is InChI=1S/C12H15Cl2N3O2/c1-8-3-2-4-16(6-8)10(18)7-17-12(19)11(14)9(13)5-15-17/h5,8H,2-4,6-7H2,1H3. The van der Waals surface area contributed by atoms with Crippen LogP contribution in [0.5, 0.6) is 0 Å². The van der Waals surface area contributed by atoms with E-state index in [1.54, 1.807) is 4.90 Å². The van der Waals surface area contributed by atoms with Gasteiger partial charge < -0.3 is 4.90 Å². The number of hydrogen-bond acceptors (Lipinski definition) is 3. The van der Waals surface area contributed by atoms with E-state index >= 15 is 0 Å². The van der Waals surface area contributed by atoms with Gasteiger partial charge in [-0.15, -0.1) is 0 Å². The van der Waals surface area contributed by atoms with E-state index in [1.165, 1.54) is 6.20 Å². The zero-order chi connectivity index (χ0) is 14.0. The highest BCUT2D eigenvalue weighted by atomic mass is 35.5. The molecule has 1 fully saturated rings. The van der Waals surface area contributed by atoms with Crippen molar-refractivity contribution in [2.45, 2.75) is 26.3 Å². The minimum atomic E-state index is -0.535. The van der Waals surface area contributed by atoms with Crippen LogP contribution < -0.4 is 5.56 Å². The first kappa shape index (κ1) is 14.3. The highest BCUT2D eigenvalue weighted by Crippen LogP contribution is 2.16. The van der Waals surface area contributed by atoms with Gasteiger partial charge in [0.05, 0.1) is 11.2 Å². The first-order valence-corrected chi connectivity index (χ1v) is 6.93. The topological polar surface area (TPSA) is 55.2 Å². The Hall–Kier alpha value is -1.07. The second-order valence-corrected chi connectivity index (χ2v) is 5.64. The van der Waals surface area contributed by atoms with E-state index in [-0.39, 0.29) is 22.5 Å². The monoisotopic (exact) mass is 303 g/mol. The van der Waals surface area contributed by atoms with Crippen LogP contribution in [0.3, 0.4) is 0 Å². The van der Waals surface area contributed by atoms with E-state index in [2.05, 4.69) is 12.0 Å². The molecule has 1 aromatic rings. The lowest BCUT2D eigenvalue weighted by Gasteiger charge is -2.30. The minimum absolute atomic E-state index is 0.0948. The third-order valence-corrected chi connectivity index (χ3v) is 3.99. The molecule has 0 saturated carbocycles. The molecule has 1 unspecified atom stereocenters. The van der Waals surface area contributed by atoms with E-state index in [9.17, 15) is 9.59 Å². The van der Waals surface area contributed by atoms with Gasteiger partial charge in [-0.1, -0.05) is 30.1 Å². The molecule has 1 amide bonds. The maximum atomic E-state index is 12.1. The summed E-state index contributed by atoms with van der Waals surface area (Å²) < 4.78 is 1.05. The number of carbonyl (C=O) groups excluding carboxylic acids is 1. The first-order valence-electron chi connectivity index (χ1n) is 6.18. The highest BCUT2D eigenvalue weighted by molar-refractivity contribution is 6.41. The fraction of sp³-hybridized carbons (Fsp3) is 0.583. The molecule has 7 heteroatoms. The average molecular weight is 304 g/mol. The van der Waals surface area contributed by atoms with Crippen LogP contribution in [0, 0.1) is 5.92 Å². The normalized spacial score (nSPS) is 19.5. The Morgan fingerprint density at radius 3 is 2.95 bits per heavy atom. The van der Waals surface area contributed by atoms with Crippen molar-refractivity contribution >= 4 is 29.1 Å². The second-order valence-electron chi connectivity index (χ2n) is 4.86. The molecule has 19 heavy (non-hydrogen) atoms. The molecule has 0 radical (unpaired) electrons. The Morgan fingerprint density at radius 1 is 1.53 bits per heavy atom. The summed E-state index contributed by atoms with van der Waals surface area (Å²) in [4.78, 5) is 25.7. The minimum Gasteiger partial charge on any atom is -0.341 e. The third kappa shape index (κ3) is 3.28. The van der Waals surface area contributed by atoms with Crippen molar-refractivity contribution in [1.29, 1.82) is 0 Å². The van der Waals surface area contributed by atoms with Gasteiger partial charge >= 0.3 is 0 Å². The van der Waals surface area contributed by atoms with E-state index in [0.29, 0.717) is 5.92 Å². The molecule has 0 spiro atoms. The summed E-state index contributed by atoms with van der Waals surface area (Å²) in [6.45, 7) is 3.49. The van der Waals surface area contributed by atoms with Gasteiger partial charge in [0.1, 0.15) is 11.6 Å². The molecule has 1 atom stereocenters. The predicted molar refractivity (Wildman–Crippen MR) is 73.5 cm³/mol. The van der Waals surface area contributed by atoms with Crippen molar-refractivity contribution in [2.75, 3.05) is 13.1 Å². The van der Waals surface area contributed by atoms with Crippen molar-refractivity contribution in [3.63, 3.8) is 0 Å². The fourth-order valence-electron chi connectivity index (χ4n) is 2.20. The largest absolute Gasteiger partial charge is 0.341 e. The summed E-state index contributed by atoms with van der Waals surface area (Å²) in [6.07, 6.45) is 3.41. The van der Waals surface area contributed by atoms with E-state index in [4.69, 9.17) is 23.2 Å². The quantitative estimate of drug-likeness (QED) is 0.837. The summed E-state index contributed by atoms with van der Waals surface area (Å²) in [6, 6.07) is 0. The molecule has 1 aliphatic heterocycles. The van der Waals surface area contributed by atoms with E-state index in [1.807, 2.05) is 0 Å². The third-order valence-electron chi connectivity index (χ3n) is 3.24. The maximum absolute atomic E-state index is 12.1. The fourth-order valence-corrected chi connectivity index (χ4v) is 2.47. The van der Waals surface area contributed by atoms with Gasteiger partial charge in [-0.3, -0.25) is 9.59 Å². The molecule has 1 aromatic heterocycles. The Labute approximate surface area is 121 Å². The molecule has 5 nitrogen and oxygen atoms in total. The van der Waals surface area contributed by atoms with Crippen molar-refractivity contribution in [2.24, 2.45) is 5.92 Å². The van der Waals surface area contributed by atoms with Crippen LogP contribution in [0.25, 0.3) is 0 Å². The molecular formula is C12H15Cl2N3O2. The predicted octanol–water partition coefficient (Wildman–Crippen LogP) is 1.81. The van der Waals surface area contributed by atoms with Crippen LogP contribution in [0.15, 0.2) is 11.0 Å². The van der Waals surface area contributed by atoms with Gasteiger partial charge in [-0.2, -0.15) is 5.10 Å². The number of hydrogen-bond donors (Lipinski definition) is 0. The maximum Gasteiger partial charge on any atom is 0.287 e. The van der Waals surface area contributed by atoms with Gasteiger partial charge in [0, 0.05) is 13.1 Å². The van der Waals surface area contributed by atoms with Crippen LogP contribution in [0.4, 0.5) is 0 Å². The van der Waals surface area contributed by atoms with Crippen molar-refractivity contribution in [3.05, 3.63) is 26.6 Å². The zero-order valence-electron chi connectivity index (χ0n) is 10.6. The number of carbonyl (C=O) groups is 1. The van der Waals surface area contributed by atoms with Gasteiger partial charge in [0.15, 0.2) is 0 Å². The number of piperidine rings is 1. The molecule has 0 bridgehead atoms. The first-order chi connectivity index (χ1) is 8.99. The summed E-state index contributed by atoms with van der Waals surface area (Å²) in [7, 11) is 0. The number of amides is 1. The van der Waals surface area contributed by atoms with Crippen molar-refractivity contribution in [1.82, 2.24) is 14.7 Å². The molecule has 2 heterocycles. The number of aromatic nitrogens is 2. The SMILES string of the molecule is CC1CCCN(C(=O)Cn2ncc(Cl)c(Cl)c2=O)C1. The van der Waals surface area contributed by atoms with E-state index in [0.717, 1.165) is 30.6 Å². The molecule has 2 rings (SSSR count). The Balaban J connectivity index is 2.11. The highest BCUT2D eigenvalue weighted by Gasteiger charge is 2.22. The van der Waals surface area contributed by atoms with Crippen molar-refractivity contribution in [3.8, 4) is 0 Å². The average Bonchev–Trinajstić information content (AvgIpc) is 2.39. The Bertz CT molecular complexity index is 544. The van der Waals surface area contributed by atoms with Gasteiger partial charge in [0.2, 0.25) is 5.91 Å². The van der Waals surface area contributed by atoms with E-state index < -0.39 is 5.56 Å². The lowest BCUT2D eigenvalue weighted by atomic mass is 10.0. The lowest BCUT2D eigenvalue weighted by Crippen LogP contribution is -2.42. The number of halogens is 2. The van der Waals surface area contributed by atoms with Crippen LogP contribution in [-0.4, -0.2) is 33.7 Å². The summed E-state index contributed by atoms with van der Waals surface area (Å²) >= 11 is 11.4. The molecule has 0 aromatic carbocycles. The Morgan fingerprint density at radius 2 is 2.26 bits per heavy atom. The molecule has 0 aliphatic carbocycles. The van der Waals surface area contributed by atoms with Crippen LogP contribution >= 0.6 is 23.2 Å². The van der Waals surface area contributed by atoms with Gasteiger partial charge in [-0.05, 0) is 18.8 Å². The zero-order valence-corrected chi connectivity index (χ0v) is 12.1. The van der Waals surface area contributed by atoms with Gasteiger partial charge in [-0.25, -0.2) is 4.68 Å². The lowest BCUT2D eigenvalue weighted by molar-refractivity contribution is -0.133. The van der Waals surface area contributed by atoms with Crippen LogP contribution in [0.1, 0.15) is 19.8 Å². The Kier molecular flexibility index (Phi) is 4.47. The molecule has 0 N–H and O–H groups in total. The summed E-state index contributed by atoms with van der Waals surface area (Å²) in [5.74, 6) is 0.385. The van der Waals surface area contributed by atoms with Crippen molar-refractivity contribution < 1.29 is 4.79 Å². The number of nitrogens with zero attached hydrogens (tertiary/aromatic N) is 3. The summed E-state index contributed by atoms with van der Waals surface area (Å²) in [5.41, 5.74) is -0.535. The number of likely N-dealkylation sites (tertiary alicyclic amines) is 1. The molecule has 1 saturated heterocycles.